The molecule has 0 spiro atoms. The summed E-state index contributed by atoms with van der Waals surface area (Å²) in [6.45, 7) is 0. The number of nitrogens with one attached hydrogen (secondary N) is 4. The Morgan fingerprint density at radius 3 is 1.91 bits per heavy atom. The Labute approximate surface area is 202 Å². The summed E-state index contributed by atoms with van der Waals surface area (Å²) in [4.78, 5) is 25.3. The van der Waals surface area contributed by atoms with Gasteiger partial charge in [0.15, 0.2) is 17.5 Å². The first kappa shape index (κ1) is 24.9. The predicted octanol–water partition coefficient (Wildman–Crippen LogP) is 3.75. The molecule has 0 aliphatic heterocycles. The standard InChI is InChI=1S/C25H26N4O6/c1-32-19-10-8-17(9-11-19)27-23(30)15-6-5-7-18(12-15)28-25(26)29-24(31)16-13-20(33-2)22(35-4)21(14-16)34-3/h5-14H,1-4H3,(H,27,30)(H3,26,28,29,31). The molecule has 0 fully saturated rings. The number of carbonyl (C=O) groups is 2. The summed E-state index contributed by atoms with van der Waals surface area (Å²) >= 11 is 0. The Morgan fingerprint density at radius 2 is 1.34 bits per heavy atom. The molecule has 0 atom stereocenters. The highest BCUT2D eigenvalue weighted by Gasteiger charge is 2.18. The topological polar surface area (TPSA) is 131 Å². The number of anilines is 2. The maximum Gasteiger partial charge on any atom is 0.258 e. The average Bonchev–Trinajstić information content (AvgIpc) is 2.88. The van der Waals surface area contributed by atoms with Crippen LogP contribution in [0.2, 0.25) is 0 Å². The van der Waals surface area contributed by atoms with E-state index in [0.29, 0.717) is 39.9 Å². The van der Waals surface area contributed by atoms with Crippen LogP contribution in [0.5, 0.6) is 23.0 Å². The molecule has 0 radical (unpaired) electrons. The summed E-state index contributed by atoms with van der Waals surface area (Å²) in [6, 6.07) is 16.4. The monoisotopic (exact) mass is 478 g/mol. The molecule has 0 unspecified atom stereocenters. The van der Waals surface area contributed by atoms with Crippen molar-refractivity contribution in [3.05, 3.63) is 71.8 Å². The van der Waals surface area contributed by atoms with Crippen LogP contribution in [0.1, 0.15) is 20.7 Å². The molecule has 3 aromatic carbocycles. The largest absolute Gasteiger partial charge is 0.497 e. The Balaban J connectivity index is 1.66. The van der Waals surface area contributed by atoms with Crippen LogP contribution < -0.4 is 34.9 Å². The van der Waals surface area contributed by atoms with E-state index in [1.54, 1.807) is 55.6 Å². The van der Waals surface area contributed by atoms with Crippen LogP contribution in [0.25, 0.3) is 0 Å². The smallest absolute Gasteiger partial charge is 0.258 e. The molecule has 3 aromatic rings. The second-order valence-electron chi connectivity index (χ2n) is 7.13. The Morgan fingerprint density at radius 1 is 0.686 bits per heavy atom. The molecule has 35 heavy (non-hydrogen) atoms. The molecule has 0 bridgehead atoms. The fourth-order valence-corrected chi connectivity index (χ4v) is 3.19. The van der Waals surface area contributed by atoms with Crippen molar-refractivity contribution >= 4 is 29.1 Å². The summed E-state index contributed by atoms with van der Waals surface area (Å²) < 4.78 is 20.9. The molecule has 182 valence electrons. The van der Waals surface area contributed by atoms with Gasteiger partial charge in [0.1, 0.15) is 5.75 Å². The lowest BCUT2D eigenvalue weighted by atomic mass is 10.1. The molecule has 0 saturated carbocycles. The molecule has 0 aliphatic carbocycles. The van der Waals surface area contributed by atoms with Crippen LogP contribution in [-0.2, 0) is 0 Å². The lowest BCUT2D eigenvalue weighted by molar-refractivity contribution is 0.0974. The number of rotatable bonds is 8. The third-order valence-corrected chi connectivity index (χ3v) is 4.91. The first-order valence-corrected chi connectivity index (χ1v) is 10.4. The quantitative estimate of drug-likeness (QED) is 0.286. The van der Waals surface area contributed by atoms with E-state index in [-0.39, 0.29) is 17.4 Å². The van der Waals surface area contributed by atoms with E-state index in [0.717, 1.165) is 0 Å². The zero-order chi connectivity index (χ0) is 25.4. The fraction of sp³-hybridized carbons (Fsp3) is 0.160. The number of hydrogen-bond acceptors (Lipinski definition) is 7. The summed E-state index contributed by atoms with van der Waals surface area (Å²) in [5, 5.41) is 16.1. The van der Waals surface area contributed by atoms with Crippen molar-refractivity contribution in [2.45, 2.75) is 0 Å². The third kappa shape index (κ3) is 6.20. The highest BCUT2D eigenvalue weighted by Crippen LogP contribution is 2.38. The van der Waals surface area contributed by atoms with Crippen molar-refractivity contribution in [3.8, 4) is 23.0 Å². The van der Waals surface area contributed by atoms with Gasteiger partial charge >= 0.3 is 0 Å². The van der Waals surface area contributed by atoms with Gasteiger partial charge in [0.25, 0.3) is 11.8 Å². The van der Waals surface area contributed by atoms with Gasteiger partial charge in [-0.3, -0.25) is 20.3 Å². The average molecular weight is 479 g/mol. The molecule has 10 heteroatoms. The van der Waals surface area contributed by atoms with Crippen LogP contribution in [0.4, 0.5) is 11.4 Å². The summed E-state index contributed by atoms with van der Waals surface area (Å²) in [7, 11) is 5.92. The van der Waals surface area contributed by atoms with Crippen molar-refractivity contribution in [1.82, 2.24) is 5.32 Å². The van der Waals surface area contributed by atoms with E-state index in [9.17, 15) is 9.59 Å². The molecular weight excluding hydrogens is 452 g/mol. The number of methoxy groups -OCH3 is 4. The molecule has 4 N–H and O–H groups in total. The minimum atomic E-state index is -0.560. The second-order valence-corrected chi connectivity index (χ2v) is 7.13. The number of hydrogen-bond donors (Lipinski definition) is 4. The minimum Gasteiger partial charge on any atom is -0.497 e. The van der Waals surface area contributed by atoms with Gasteiger partial charge < -0.3 is 29.6 Å². The summed E-state index contributed by atoms with van der Waals surface area (Å²) in [6.07, 6.45) is 0. The van der Waals surface area contributed by atoms with Crippen LogP contribution in [-0.4, -0.2) is 46.2 Å². The number of amides is 2. The van der Waals surface area contributed by atoms with Crippen molar-refractivity contribution in [1.29, 1.82) is 5.41 Å². The maximum atomic E-state index is 12.7. The normalized spacial score (nSPS) is 10.1. The van der Waals surface area contributed by atoms with Gasteiger partial charge in [-0.2, -0.15) is 0 Å². The summed E-state index contributed by atoms with van der Waals surface area (Å²) in [5.74, 6) is 0.489. The van der Waals surface area contributed by atoms with Crippen LogP contribution in [0.15, 0.2) is 60.7 Å². The maximum absolute atomic E-state index is 12.7. The van der Waals surface area contributed by atoms with Crippen molar-refractivity contribution in [2.24, 2.45) is 0 Å². The minimum absolute atomic E-state index is 0.207. The van der Waals surface area contributed by atoms with E-state index >= 15 is 0 Å². The molecule has 3 rings (SSSR count). The molecule has 0 aliphatic rings. The second kappa shape index (κ2) is 11.4. The first-order valence-electron chi connectivity index (χ1n) is 10.4. The molecule has 2 amide bonds. The fourth-order valence-electron chi connectivity index (χ4n) is 3.19. The van der Waals surface area contributed by atoms with Gasteiger partial charge in [-0.25, -0.2) is 0 Å². The highest BCUT2D eigenvalue weighted by molar-refractivity contribution is 6.10. The van der Waals surface area contributed by atoms with Crippen molar-refractivity contribution < 1.29 is 28.5 Å². The zero-order valence-electron chi connectivity index (χ0n) is 19.7. The number of guanidine groups is 1. The van der Waals surface area contributed by atoms with Gasteiger partial charge in [-0.05, 0) is 54.6 Å². The van der Waals surface area contributed by atoms with E-state index in [1.165, 1.54) is 33.5 Å². The van der Waals surface area contributed by atoms with Gasteiger partial charge in [0.2, 0.25) is 5.75 Å². The van der Waals surface area contributed by atoms with E-state index in [4.69, 9.17) is 24.4 Å². The SMILES string of the molecule is COc1ccc(NC(=O)c2cccc(NC(=N)NC(=O)c3cc(OC)c(OC)c(OC)c3)c2)cc1. The van der Waals surface area contributed by atoms with Gasteiger partial charge in [-0.15, -0.1) is 0 Å². The van der Waals surface area contributed by atoms with E-state index in [1.807, 2.05) is 0 Å². The van der Waals surface area contributed by atoms with Crippen LogP contribution >= 0.6 is 0 Å². The van der Waals surface area contributed by atoms with Crippen molar-refractivity contribution in [3.63, 3.8) is 0 Å². The van der Waals surface area contributed by atoms with Crippen molar-refractivity contribution in [2.75, 3.05) is 39.1 Å². The van der Waals surface area contributed by atoms with Gasteiger partial charge in [0.05, 0.1) is 28.4 Å². The lowest BCUT2D eigenvalue weighted by Crippen LogP contribution is -2.35. The highest BCUT2D eigenvalue weighted by atomic mass is 16.5. The first-order chi connectivity index (χ1) is 16.9. The van der Waals surface area contributed by atoms with Crippen LogP contribution in [0, 0.1) is 5.41 Å². The van der Waals surface area contributed by atoms with Gasteiger partial charge in [-0.1, -0.05) is 6.07 Å². The zero-order valence-corrected chi connectivity index (χ0v) is 19.7. The third-order valence-electron chi connectivity index (χ3n) is 4.91. The van der Waals surface area contributed by atoms with E-state index < -0.39 is 5.91 Å². The molecule has 0 heterocycles. The number of benzene rings is 3. The molecule has 0 aromatic heterocycles. The van der Waals surface area contributed by atoms with Crippen LogP contribution in [0.3, 0.4) is 0 Å². The molecule has 10 nitrogen and oxygen atoms in total. The van der Waals surface area contributed by atoms with Gasteiger partial charge in [0, 0.05) is 22.5 Å². The Kier molecular flexibility index (Phi) is 8.12. The molecule has 0 saturated heterocycles. The predicted molar refractivity (Wildman–Crippen MR) is 132 cm³/mol. The Bertz CT molecular complexity index is 1200. The molecular formula is C25H26N4O6. The number of carbonyl (C=O) groups excluding carboxylic acids is 2. The Hall–Kier alpha value is -4.73. The summed E-state index contributed by atoms with van der Waals surface area (Å²) in [5.41, 5.74) is 1.63. The number of ether oxygens (including phenoxy) is 4. The van der Waals surface area contributed by atoms with E-state index in [2.05, 4.69) is 16.0 Å². The lowest BCUT2D eigenvalue weighted by Gasteiger charge is -2.15.